The third kappa shape index (κ3) is 3.28. The van der Waals surface area contributed by atoms with Crippen LogP contribution in [0.15, 0.2) is 36.7 Å². The van der Waals surface area contributed by atoms with E-state index in [0.717, 1.165) is 5.56 Å². The van der Waals surface area contributed by atoms with Crippen LogP contribution in [-0.2, 0) is 6.54 Å². The van der Waals surface area contributed by atoms with Crippen molar-refractivity contribution in [2.45, 2.75) is 6.54 Å². The minimum absolute atomic E-state index is 0.0835. The first-order valence-corrected chi connectivity index (χ1v) is 5.30. The molecule has 2 N–H and O–H groups in total. The van der Waals surface area contributed by atoms with E-state index in [-0.39, 0.29) is 5.69 Å². The molecule has 0 atom stereocenters. The van der Waals surface area contributed by atoms with Crippen LogP contribution in [0.1, 0.15) is 5.56 Å². The number of anilines is 1. The minimum atomic E-state index is -1.15. The number of carbonyl (C=O) groups is 1. The lowest BCUT2D eigenvalue weighted by molar-refractivity contribution is -0.385. The molecule has 1 aromatic carbocycles. The number of carboxylic acid groups (broad SMARTS) is 1. The Bertz CT molecular complexity index is 623. The number of nitrogens with one attached hydrogen (secondary N) is 1. The standard InChI is InChI=1S/C11H10N4O4/c16-11(17)13-9-3-1-2-8(4-9)6-14-7-10(5-12-14)15(18)19/h1-5,7,13H,6H2,(H,16,17). The molecule has 8 heteroatoms. The molecule has 0 saturated carbocycles. The Kier molecular flexibility index (Phi) is 3.42. The van der Waals surface area contributed by atoms with Gasteiger partial charge in [-0.05, 0) is 17.7 Å². The second kappa shape index (κ2) is 5.17. The normalized spacial score (nSPS) is 10.1. The summed E-state index contributed by atoms with van der Waals surface area (Å²) in [6, 6.07) is 6.73. The molecule has 0 saturated heterocycles. The second-order valence-electron chi connectivity index (χ2n) is 3.78. The van der Waals surface area contributed by atoms with E-state index < -0.39 is 11.0 Å². The van der Waals surface area contributed by atoms with Gasteiger partial charge in [0.05, 0.1) is 11.5 Å². The maximum atomic E-state index is 10.5. The van der Waals surface area contributed by atoms with E-state index in [4.69, 9.17) is 5.11 Å². The third-order valence-corrected chi connectivity index (χ3v) is 2.35. The Morgan fingerprint density at radius 1 is 1.53 bits per heavy atom. The van der Waals surface area contributed by atoms with E-state index in [1.807, 2.05) is 0 Å². The van der Waals surface area contributed by atoms with Gasteiger partial charge in [-0.1, -0.05) is 12.1 Å². The van der Waals surface area contributed by atoms with Gasteiger partial charge >= 0.3 is 11.8 Å². The predicted octanol–water partition coefficient (Wildman–Crippen LogP) is 1.93. The molecule has 0 aliphatic heterocycles. The number of amides is 1. The van der Waals surface area contributed by atoms with E-state index in [1.54, 1.807) is 24.3 Å². The van der Waals surface area contributed by atoms with Crippen LogP contribution >= 0.6 is 0 Å². The molecule has 19 heavy (non-hydrogen) atoms. The Morgan fingerprint density at radius 3 is 2.95 bits per heavy atom. The highest BCUT2D eigenvalue weighted by Crippen LogP contribution is 2.13. The maximum Gasteiger partial charge on any atom is 0.409 e. The van der Waals surface area contributed by atoms with Crippen LogP contribution in [0, 0.1) is 10.1 Å². The summed E-state index contributed by atoms with van der Waals surface area (Å²) in [7, 11) is 0. The largest absolute Gasteiger partial charge is 0.465 e. The molecule has 0 aliphatic rings. The molecule has 1 aromatic heterocycles. The molecule has 1 amide bonds. The number of hydrogen-bond acceptors (Lipinski definition) is 4. The second-order valence-corrected chi connectivity index (χ2v) is 3.78. The summed E-state index contributed by atoms with van der Waals surface area (Å²) in [5.74, 6) is 0. The molecule has 98 valence electrons. The van der Waals surface area contributed by atoms with Crippen LogP contribution in [0.5, 0.6) is 0 Å². The van der Waals surface area contributed by atoms with E-state index in [9.17, 15) is 14.9 Å². The first-order chi connectivity index (χ1) is 9.04. The fraction of sp³-hybridized carbons (Fsp3) is 0.0909. The molecule has 8 nitrogen and oxygen atoms in total. The molecule has 0 radical (unpaired) electrons. The smallest absolute Gasteiger partial charge is 0.409 e. The number of nitrogens with zero attached hydrogens (tertiary/aromatic N) is 3. The topological polar surface area (TPSA) is 110 Å². The number of benzene rings is 1. The van der Waals surface area contributed by atoms with Crippen molar-refractivity contribution in [3.63, 3.8) is 0 Å². The SMILES string of the molecule is O=C(O)Nc1cccc(Cn2cc([N+](=O)[O-])cn2)c1. The summed E-state index contributed by atoms with van der Waals surface area (Å²) in [5.41, 5.74) is 1.13. The molecule has 2 aromatic rings. The summed E-state index contributed by atoms with van der Waals surface area (Å²) in [6.45, 7) is 0.322. The van der Waals surface area contributed by atoms with E-state index in [1.165, 1.54) is 17.1 Å². The highest BCUT2D eigenvalue weighted by molar-refractivity contribution is 5.82. The number of aromatic nitrogens is 2. The lowest BCUT2D eigenvalue weighted by Crippen LogP contribution is -2.08. The van der Waals surface area contributed by atoms with Crippen LogP contribution in [0.2, 0.25) is 0 Å². The summed E-state index contributed by atoms with van der Waals surface area (Å²) in [6.07, 6.45) is 1.34. The van der Waals surface area contributed by atoms with Gasteiger partial charge in [0, 0.05) is 5.69 Å². The minimum Gasteiger partial charge on any atom is -0.465 e. The van der Waals surface area contributed by atoms with Gasteiger partial charge in [0.25, 0.3) is 0 Å². The summed E-state index contributed by atoms with van der Waals surface area (Å²) in [4.78, 5) is 20.5. The first-order valence-electron chi connectivity index (χ1n) is 5.30. The van der Waals surface area contributed by atoms with Gasteiger partial charge in [-0.3, -0.25) is 20.1 Å². The molecule has 0 aliphatic carbocycles. The first kappa shape index (κ1) is 12.6. The van der Waals surface area contributed by atoms with Gasteiger partial charge in [-0.25, -0.2) is 4.79 Å². The van der Waals surface area contributed by atoms with Gasteiger partial charge in [-0.2, -0.15) is 5.10 Å². The highest BCUT2D eigenvalue weighted by Gasteiger charge is 2.09. The average molecular weight is 262 g/mol. The fourth-order valence-corrected chi connectivity index (χ4v) is 1.59. The summed E-state index contributed by atoms with van der Waals surface area (Å²) >= 11 is 0. The van der Waals surface area contributed by atoms with Crippen molar-refractivity contribution in [1.82, 2.24) is 9.78 Å². The van der Waals surface area contributed by atoms with Gasteiger partial charge in [0.15, 0.2) is 0 Å². The average Bonchev–Trinajstić information content (AvgIpc) is 2.77. The summed E-state index contributed by atoms with van der Waals surface area (Å²) in [5, 5.41) is 25.2. The van der Waals surface area contributed by atoms with Crippen LogP contribution in [-0.4, -0.2) is 25.9 Å². The highest BCUT2D eigenvalue weighted by atomic mass is 16.6. The van der Waals surface area contributed by atoms with Crippen molar-refractivity contribution < 1.29 is 14.8 Å². The van der Waals surface area contributed by atoms with E-state index in [0.29, 0.717) is 12.2 Å². The van der Waals surface area contributed by atoms with E-state index >= 15 is 0 Å². The zero-order valence-corrected chi connectivity index (χ0v) is 9.68. The van der Waals surface area contributed by atoms with Crippen molar-refractivity contribution in [2.75, 3.05) is 5.32 Å². The number of rotatable bonds is 4. The van der Waals surface area contributed by atoms with Crippen molar-refractivity contribution in [2.24, 2.45) is 0 Å². The Labute approximate surface area is 107 Å². The van der Waals surface area contributed by atoms with Crippen LogP contribution in [0.3, 0.4) is 0 Å². The fourth-order valence-electron chi connectivity index (χ4n) is 1.59. The monoisotopic (exact) mass is 262 g/mol. The lowest BCUT2D eigenvalue weighted by atomic mass is 10.2. The molecule has 0 bridgehead atoms. The van der Waals surface area contributed by atoms with Gasteiger partial charge in [-0.15, -0.1) is 0 Å². The Balaban J connectivity index is 2.13. The van der Waals surface area contributed by atoms with E-state index in [2.05, 4.69) is 10.4 Å². The zero-order chi connectivity index (χ0) is 13.8. The van der Waals surface area contributed by atoms with Crippen LogP contribution in [0.25, 0.3) is 0 Å². The zero-order valence-electron chi connectivity index (χ0n) is 9.68. The van der Waals surface area contributed by atoms with Crippen molar-refractivity contribution in [3.8, 4) is 0 Å². The molecule has 2 rings (SSSR count). The Morgan fingerprint density at radius 2 is 2.32 bits per heavy atom. The number of hydrogen-bond donors (Lipinski definition) is 2. The quantitative estimate of drug-likeness (QED) is 0.646. The molecule has 0 fully saturated rings. The molecular formula is C11H10N4O4. The Hall–Kier alpha value is -2.90. The molecule has 0 spiro atoms. The molecular weight excluding hydrogens is 252 g/mol. The van der Waals surface area contributed by atoms with Gasteiger partial charge in [0.2, 0.25) is 0 Å². The van der Waals surface area contributed by atoms with Crippen molar-refractivity contribution in [1.29, 1.82) is 0 Å². The summed E-state index contributed by atoms with van der Waals surface area (Å²) < 4.78 is 1.41. The third-order valence-electron chi connectivity index (χ3n) is 2.35. The van der Waals surface area contributed by atoms with Crippen molar-refractivity contribution in [3.05, 3.63) is 52.3 Å². The molecule has 0 unspecified atom stereocenters. The van der Waals surface area contributed by atoms with Crippen LogP contribution < -0.4 is 5.32 Å². The maximum absolute atomic E-state index is 10.5. The van der Waals surface area contributed by atoms with Gasteiger partial charge in [0.1, 0.15) is 12.4 Å². The van der Waals surface area contributed by atoms with Crippen LogP contribution in [0.4, 0.5) is 16.2 Å². The lowest BCUT2D eigenvalue weighted by Gasteiger charge is -2.04. The number of nitro groups is 1. The van der Waals surface area contributed by atoms with Gasteiger partial charge < -0.3 is 5.11 Å². The van der Waals surface area contributed by atoms with Crippen molar-refractivity contribution >= 4 is 17.5 Å². The molecule has 1 heterocycles. The predicted molar refractivity (Wildman–Crippen MR) is 66.1 cm³/mol.